The van der Waals surface area contributed by atoms with Gasteiger partial charge < -0.3 is 14.9 Å². The Labute approximate surface area is 108 Å². The molecule has 2 rings (SSSR count). The van der Waals surface area contributed by atoms with Crippen LogP contribution in [-0.4, -0.2) is 52.6 Å². The Morgan fingerprint density at radius 3 is 2.56 bits per heavy atom. The number of carboxylic acids is 1. The van der Waals surface area contributed by atoms with Crippen LogP contribution in [0.3, 0.4) is 0 Å². The minimum Gasteiger partial charge on any atom is -0.481 e. The molecule has 0 aromatic rings. The number of hydrogen-bond acceptors (Lipinski definition) is 2. The van der Waals surface area contributed by atoms with Crippen LogP contribution in [0.1, 0.15) is 39.0 Å². The van der Waals surface area contributed by atoms with Crippen molar-refractivity contribution in [2.45, 2.75) is 45.1 Å². The summed E-state index contributed by atoms with van der Waals surface area (Å²) in [4.78, 5) is 26.9. The molecule has 0 bridgehead atoms. The SMILES string of the molecule is CC1CCCCCN1C(=O)N1CCC(C(=O)O)C1. The molecule has 0 aromatic heterocycles. The predicted molar refractivity (Wildman–Crippen MR) is 67.3 cm³/mol. The fourth-order valence-electron chi connectivity index (χ4n) is 2.88. The summed E-state index contributed by atoms with van der Waals surface area (Å²) >= 11 is 0. The predicted octanol–water partition coefficient (Wildman–Crippen LogP) is 1.78. The Bertz CT molecular complexity index is 332. The number of urea groups is 1. The van der Waals surface area contributed by atoms with Crippen molar-refractivity contribution in [1.29, 1.82) is 0 Å². The fraction of sp³-hybridized carbons (Fsp3) is 0.846. The maximum atomic E-state index is 12.4. The van der Waals surface area contributed by atoms with E-state index in [9.17, 15) is 9.59 Å². The van der Waals surface area contributed by atoms with Gasteiger partial charge in [-0.1, -0.05) is 12.8 Å². The quantitative estimate of drug-likeness (QED) is 0.776. The molecular weight excluding hydrogens is 232 g/mol. The van der Waals surface area contributed by atoms with E-state index in [-0.39, 0.29) is 18.0 Å². The summed E-state index contributed by atoms with van der Waals surface area (Å²) in [5.41, 5.74) is 0. The zero-order valence-electron chi connectivity index (χ0n) is 11.0. The number of carbonyl (C=O) groups is 2. The number of nitrogens with zero attached hydrogens (tertiary/aromatic N) is 2. The molecule has 2 aliphatic rings. The summed E-state index contributed by atoms with van der Waals surface area (Å²) in [6.45, 7) is 3.86. The molecule has 2 amide bonds. The van der Waals surface area contributed by atoms with E-state index in [0.29, 0.717) is 19.5 Å². The van der Waals surface area contributed by atoms with E-state index in [1.165, 1.54) is 12.8 Å². The van der Waals surface area contributed by atoms with Crippen molar-refractivity contribution >= 4 is 12.0 Å². The molecule has 0 radical (unpaired) electrons. The largest absolute Gasteiger partial charge is 0.481 e. The maximum Gasteiger partial charge on any atom is 0.320 e. The summed E-state index contributed by atoms with van der Waals surface area (Å²) in [5, 5.41) is 8.97. The Kier molecular flexibility index (Phi) is 4.09. The third kappa shape index (κ3) is 2.76. The van der Waals surface area contributed by atoms with E-state index in [4.69, 9.17) is 5.11 Å². The van der Waals surface area contributed by atoms with Crippen LogP contribution in [0.4, 0.5) is 4.79 Å². The second kappa shape index (κ2) is 5.59. The van der Waals surface area contributed by atoms with Crippen molar-refractivity contribution in [3.8, 4) is 0 Å². The minimum absolute atomic E-state index is 0.0353. The summed E-state index contributed by atoms with van der Waals surface area (Å²) in [6.07, 6.45) is 5.08. The Morgan fingerprint density at radius 2 is 1.89 bits per heavy atom. The topological polar surface area (TPSA) is 60.9 Å². The van der Waals surface area contributed by atoms with Crippen molar-refractivity contribution in [2.24, 2.45) is 5.92 Å². The molecule has 102 valence electrons. The molecule has 0 saturated carbocycles. The molecule has 2 fully saturated rings. The van der Waals surface area contributed by atoms with Crippen LogP contribution in [0.25, 0.3) is 0 Å². The molecule has 5 nitrogen and oxygen atoms in total. The van der Waals surface area contributed by atoms with Crippen molar-refractivity contribution in [1.82, 2.24) is 9.80 Å². The molecule has 5 heteroatoms. The van der Waals surface area contributed by atoms with Crippen molar-refractivity contribution in [3.05, 3.63) is 0 Å². The third-order valence-corrected chi connectivity index (χ3v) is 4.11. The number of hydrogen-bond donors (Lipinski definition) is 1. The van der Waals surface area contributed by atoms with E-state index in [1.807, 2.05) is 4.90 Å². The summed E-state index contributed by atoms with van der Waals surface area (Å²) in [7, 11) is 0. The first-order chi connectivity index (χ1) is 8.59. The van der Waals surface area contributed by atoms with Gasteiger partial charge in [-0.3, -0.25) is 4.79 Å². The molecule has 0 spiro atoms. The number of carboxylic acid groups (broad SMARTS) is 1. The number of rotatable bonds is 1. The highest BCUT2D eigenvalue weighted by Crippen LogP contribution is 2.22. The first-order valence-corrected chi connectivity index (χ1v) is 6.88. The lowest BCUT2D eigenvalue weighted by Gasteiger charge is -2.31. The molecule has 2 unspecified atom stereocenters. The number of carbonyl (C=O) groups excluding carboxylic acids is 1. The number of amides is 2. The normalized spacial score (nSPS) is 29.2. The first-order valence-electron chi connectivity index (χ1n) is 6.88. The van der Waals surface area contributed by atoms with E-state index in [2.05, 4.69) is 6.92 Å². The lowest BCUT2D eigenvalue weighted by molar-refractivity contribution is -0.141. The van der Waals surface area contributed by atoms with Crippen molar-refractivity contribution in [2.75, 3.05) is 19.6 Å². The van der Waals surface area contributed by atoms with Gasteiger partial charge in [-0.2, -0.15) is 0 Å². The van der Waals surface area contributed by atoms with Crippen LogP contribution in [-0.2, 0) is 4.79 Å². The molecule has 18 heavy (non-hydrogen) atoms. The van der Waals surface area contributed by atoms with Gasteiger partial charge in [0.05, 0.1) is 5.92 Å². The van der Waals surface area contributed by atoms with E-state index in [1.54, 1.807) is 4.90 Å². The lowest BCUT2D eigenvalue weighted by atomic mass is 10.1. The van der Waals surface area contributed by atoms with Crippen molar-refractivity contribution in [3.63, 3.8) is 0 Å². The van der Waals surface area contributed by atoms with Crippen LogP contribution >= 0.6 is 0 Å². The van der Waals surface area contributed by atoms with Crippen LogP contribution < -0.4 is 0 Å². The zero-order chi connectivity index (χ0) is 13.1. The van der Waals surface area contributed by atoms with E-state index in [0.717, 1.165) is 19.4 Å². The minimum atomic E-state index is -0.783. The summed E-state index contributed by atoms with van der Waals surface area (Å²) in [6, 6.07) is 0.317. The number of aliphatic carboxylic acids is 1. The molecule has 2 heterocycles. The van der Waals surface area contributed by atoms with Gasteiger partial charge in [0.25, 0.3) is 0 Å². The molecule has 2 aliphatic heterocycles. The monoisotopic (exact) mass is 254 g/mol. The molecule has 0 aliphatic carbocycles. The van der Waals surface area contributed by atoms with E-state index >= 15 is 0 Å². The highest BCUT2D eigenvalue weighted by Gasteiger charge is 2.34. The van der Waals surface area contributed by atoms with E-state index < -0.39 is 5.97 Å². The zero-order valence-corrected chi connectivity index (χ0v) is 11.0. The molecule has 2 atom stereocenters. The maximum absolute atomic E-state index is 12.4. The molecular formula is C13H22N2O3. The van der Waals surface area contributed by atoms with Crippen LogP contribution in [0, 0.1) is 5.92 Å². The number of likely N-dealkylation sites (tertiary alicyclic amines) is 2. The van der Waals surface area contributed by atoms with Gasteiger partial charge in [0.1, 0.15) is 0 Å². The van der Waals surface area contributed by atoms with Gasteiger partial charge in [-0.25, -0.2) is 4.79 Å². The highest BCUT2D eigenvalue weighted by molar-refractivity contribution is 5.77. The molecule has 0 aromatic carbocycles. The highest BCUT2D eigenvalue weighted by atomic mass is 16.4. The average Bonchev–Trinajstić information content (AvgIpc) is 2.73. The van der Waals surface area contributed by atoms with Gasteiger partial charge in [0, 0.05) is 25.7 Å². The van der Waals surface area contributed by atoms with Gasteiger partial charge in [0.2, 0.25) is 0 Å². The Hall–Kier alpha value is -1.26. The second-order valence-corrected chi connectivity index (χ2v) is 5.44. The van der Waals surface area contributed by atoms with Gasteiger partial charge in [-0.05, 0) is 26.2 Å². The Morgan fingerprint density at radius 1 is 1.11 bits per heavy atom. The van der Waals surface area contributed by atoms with Gasteiger partial charge >= 0.3 is 12.0 Å². The van der Waals surface area contributed by atoms with Crippen LogP contribution in [0.15, 0.2) is 0 Å². The molecule has 1 N–H and O–H groups in total. The lowest BCUT2D eigenvalue weighted by Crippen LogP contribution is -2.46. The standard InChI is InChI=1S/C13H22N2O3/c1-10-5-3-2-4-7-15(10)13(18)14-8-6-11(9-14)12(16)17/h10-11H,2-9H2,1H3,(H,16,17). The smallest absolute Gasteiger partial charge is 0.320 e. The third-order valence-electron chi connectivity index (χ3n) is 4.11. The fourth-order valence-corrected chi connectivity index (χ4v) is 2.88. The van der Waals surface area contributed by atoms with Crippen LogP contribution in [0.5, 0.6) is 0 Å². The van der Waals surface area contributed by atoms with Crippen LogP contribution in [0.2, 0.25) is 0 Å². The summed E-state index contributed by atoms with van der Waals surface area (Å²) in [5.74, 6) is -1.16. The second-order valence-electron chi connectivity index (χ2n) is 5.44. The van der Waals surface area contributed by atoms with Gasteiger partial charge in [-0.15, -0.1) is 0 Å². The molecule has 2 saturated heterocycles. The average molecular weight is 254 g/mol. The Balaban J connectivity index is 1.96. The van der Waals surface area contributed by atoms with Gasteiger partial charge in [0.15, 0.2) is 0 Å². The first kappa shape index (κ1) is 13.2. The van der Waals surface area contributed by atoms with Crippen molar-refractivity contribution < 1.29 is 14.7 Å². The summed E-state index contributed by atoms with van der Waals surface area (Å²) < 4.78 is 0.